The second-order valence-electron chi connectivity index (χ2n) is 9.80. The fraction of sp³-hybridized carbons (Fsp3) is 0.462. The maximum absolute atomic E-state index is 13.5. The molecule has 164 valence electrons. The normalized spacial score (nSPS) is 20.5. The first kappa shape index (κ1) is 21.4. The fourth-order valence-electron chi connectivity index (χ4n) is 4.92. The maximum Gasteiger partial charge on any atom is 0.410 e. The van der Waals surface area contributed by atoms with E-state index in [1.807, 2.05) is 56.0 Å². The van der Waals surface area contributed by atoms with Crippen molar-refractivity contribution in [2.45, 2.75) is 58.7 Å². The Labute approximate surface area is 185 Å². The van der Waals surface area contributed by atoms with Crippen LogP contribution in [0.25, 0.3) is 0 Å². The van der Waals surface area contributed by atoms with Gasteiger partial charge < -0.3 is 14.5 Å². The lowest BCUT2D eigenvalue weighted by molar-refractivity contribution is -0.181. The molecule has 4 rings (SSSR count). The number of likely N-dealkylation sites (tertiary alicyclic amines) is 2. The van der Waals surface area contributed by atoms with Gasteiger partial charge in [-0.3, -0.25) is 4.79 Å². The molecule has 2 aliphatic rings. The van der Waals surface area contributed by atoms with E-state index in [-0.39, 0.29) is 18.0 Å². The monoisotopic (exact) mass is 420 g/mol. The van der Waals surface area contributed by atoms with Crippen LogP contribution in [0.4, 0.5) is 4.79 Å². The molecule has 2 saturated heterocycles. The van der Waals surface area contributed by atoms with Crippen LogP contribution in [0, 0.1) is 12.3 Å². The highest BCUT2D eigenvalue weighted by Gasteiger charge is 2.61. The second kappa shape index (κ2) is 8.03. The van der Waals surface area contributed by atoms with Crippen molar-refractivity contribution in [3.8, 4) is 0 Å². The molecule has 2 fully saturated rings. The quantitative estimate of drug-likeness (QED) is 0.650. The first-order valence-corrected chi connectivity index (χ1v) is 11.1. The minimum absolute atomic E-state index is 0.0293. The van der Waals surface area contributed by atoms with Crippen molar-refractivity contribution >= 4 is 12.0 Å². The summed E-state index contributed by atoms with van der Waals surface area (Å²) in [6.07, 6.45) is 1.03. The Hall–Kier alpha value is -2.82. The number of carbonyl (C=O) groups is 2. The highest BCUT2D eigenvalue weighted by molar-refractivity contribution is 5.91. The zero-order valence-electron chi connectivity index (χ0n) is 18.9. The molecule has 0 radical (unpaired) electrons. The third-order valence-corrected chi connectivity index (χ3v) is 6.55. The largest absolute Gasteiger partial charge is 0.444 e. The van der Waals surface area contributed by atoms with E-state index in [0.29, 0.717) is 32.5 Å². The van der Waals surface area contributed by atoms with Gasteiger partial charge in [0.1, 0.15) is 5.60 Å². The van der Waals surface area contributed by atoms with Crippen LogP contribution < -0.4 is 0 Å². The van der Waals surface area contributed by atoms with Crippen LogP contribution in [0.5, 0.6) is 0 Å². The van der Waals surface area contributed by atoms with Gasteiger partial charge in [-0.1, -0.05) is 54.6 Å². The molecule has 1 unspecified atom stereocenters. The van der Waals surface area contributed by atoms with Gasteiger partial charge in [-0.2, -0.15) is 0 Å². The number of hydrogen-bond donors (Lipinski definition) is 0. The predicted octanol–water partition coefficient (Wildman–Crippen LogP) is 5.10. The minimum Gasteiger partial charge on any atom is -0.444 e. The molecule has 2 aromatic rings. The van der Waals surface area contributed by atoms with Crippen LogP contribution in [0.2, 0.25) is 0 Å². The van der Waals surface area contributed by atoms with E-state index in [4.69, 9.17) is 4.74 Å². The van der Waals surface area contributed by atoms with Gasteiger partial charge in [-0.15, -0.1) is 0 Å². The Bertz CT molecular complexity index is 956. The number of benzene rings is 2. The first-order chi connectivity index (χ1) is 14.7. The molecule has 31 heavy (non-hydrogen) atoms. The highest BCUT2D eigenvalue weighted by Crippen LogP contribution is 2.56. The maximum atomic E-state index is 13.5. The number of nitrogens with zero attached hydrogens (tertiary/aromatic N) is 2. The summed E-state index contributed by atoms with van der Waals surface area (Å²) in [6.45, 7) is 9.42. The summed E-state index contributed by atoms with van der Waals surface area (Å²) in [5.41, 5.74) is 2.58. The van der Waals surface area contributed by atoms with Gasteiger partial charge in [0.2, 0.25) is 5.91 Å². The predicted molar refractivity (Wildman–Crippen MR) is 120 cm³/mol. The van der Waals surface area contributed by atoms with Crippen LogP contribution in [0.3, 0.4) is 0 Å². The van der Waals surface area contributed by atoms with Crippen molar-refractivity contribution in [3.63, 3.8) is 0 Å². The van der Waals surface area contributed by atoms with E-state index >= 15 is 0 Å². The average molecular weight is 421 g/mol. The molecule has 0 aromatic heterocycles. The minimum atomic E-state index is -0.518. The van der Waals surface area contributed by atoms with E-state index in [2.05, 4.69) is 31.2 Å². The van der Waals surface area contributed by atoms with Gasteiger partial charge in [-0.05, 0) is 57.2 Å². The smallest absolute Gasteiger partial charge is 0.410 e. The zero-order chi connectivity index (χ0) is 22.2. The van der Waals surface area contributed by atoms with E-state index in [9.17, 15) is 9.59 Å². The summed E-state index contributed by atoms with van der Waals surface area (Å²) >= 11 is 0. The van der Waals surface area contributed by atoms with E-state index in [1.54, 1.807) is 4.90 Å². The average Bonchev–Trinajstić information content (AvgIpc) is 2.74. The molecule has 2 aliphatic heterocycles. The molecule has 2 amide bonds. The van der Waals surface area contributed by atoms with Crippen molar-refractivity contribution in [1.82, 2.24) is 9.80 Å². The van der Waals surface area contributed by atoms with Crippen LogP contribution in [-0.2, 0) is 16.1 Å². The lowest BCUT2D eigenvalue weighted by atomic mass is 9.62. The molecular weight excluding hydrogens is 388 g/mol. The van der Waals surface area contributed by atoms with Crippen LogP contribution in [0.1, 0.15) is 56.3 Å². The van der Waals surface area contributed by atoms with Gasteiger partial charge in [0, 0.05) is 19.6 Å². The molecule has 0 N–H and O–H groups in total. The Morgan fingerprint density at radius 2 is 1.65 bits per heavy atom. The summed E-state index contributed by atoms with van der Waals surface area (Å²) in [5, 5.41) is 0. The Morgan fingerprint density at radius 1 is 1.03 bits per heavy atom. The van der Waals surface area contributed by atoms with Crippen LogP contribution >= 0.6 is 0 Å². The number of piperidine rings is 1. The fourth-order valence-corrected chi connectivity index (χ4v) is 4.92. The summed E-state index contributed by atoms with van der Waals surface area (Å²) in [7, 11) is 0. The van der Waals surface area contributed by atoms with Gasteiger partial charge in [0.15, 0.2) is 0 Å². The van der Waals surface area contributed by atoms with E-state index < -0.39 is 11.0 Å². The molecular formula is C26H32N2O3. The summed E-state index contributed by atoms with van der Waals surface area (Å²) in [4.78, 5) is 29.8. The number of hydrogen-bond acceptors (Lipinski definition) is 3. The number of carbonyl (C=O) groups excluding carboxylic acids is 2. The van der Waals surface area contributed by atoms with Crippen molar-refractivity contribution in [2.24, 2.45) is 5.41 Å². The van der Waals surface area contributed by atoms with Gasteiger partial charge in [0.05, 0.1) is 11.5 Å². The summed E-state index contributed by atoms with van der Waals surface area (Å²) in [5.74, 6) is 0.202. The summed E-state index contributed by atoms with van der Waals surface area (Å²) in [6, 6.07) is 18.6. The SMILES string of the molecule is Cc1ccccc1CN1C(=O)C2(CCN(C(=O)OC(C)(C)C)CC2)C1c1ccccc1. The molecule has 2 heterocycles. The molecule has 0 saturated carbocycles. The standard InChI is InChI=1S/C26H32N2O3/c1-19-10-8-9-13-21(19)18-28-22(20-11-6-5-7-12-20)26(23(28)29)14-16-27(17-15-26)24(30)31-25(2,3)4/h5-13,22H,14-18H2,1-4H3. The Balaban J connectivity index is 1.56. The number of amides is 2. The molecule has 5 nitrogen and oxygen atoms in total. The van der Waals surface area contributed by atoms with Crippen LogP contribution in [0.15, 0.2) is 54.6 Å². The lowest BCUT2D eigenvalue weighted by Crippen LogP contribution is -2.66. The number of β-lactam (4-membered cyclic amide) rings is 1. The molecule has 1 atom stereocenters. The molecule has 2 aromatic carbocycles. The van der Waals surface area contributed by atoms with Gasteiger partial charge in [-0.25, -0.2) is 4.79 Å². The number of aryl methyl sites for hydroxylation is 1. The topological polar surface area (TPSA) is 49.9 Å². The van der Waals surface area contributed by atoms with Crippen molar-refractivity contribution in [3.05, 3.63) is 71.3 Å². The van der Waals surface area contributed by atoms with Crippen LogP contribution in [-0.4, -0.2) is 40.5 Å². The highest BCUT2D eigenvalue weighted by atomic mass is 16.6. The lowest BCUT2D eigenvalue weighted by Gasteiger charge is -2.59. The second-order valence-corrected chi connectivity index (χ2v) is 9.80. The number of ether oxygens (including phenoxy) is 1. The molecule has 5 heteroatoms. The van der Waals surface area contributed by atoms with Crippen molar-refractivity contribution in [1.29, 1.82) is 0 Å². The number of rotatable bonds is 3. The van der Waals surface area contributed by atoms with Gasteiger partial charge >= 0.3 is 6.09 Å². The first-order valence-electron chi connectivity index (χ1n) is 11.1. The van der Waals surface area contributed by atoms with Crippen molar-refractivity contribution < 1.29 is 14.3 Å². The molecule has 0 bridgehead atoms. The summed E-state index contributed by atoms with van der Waals surface area (Å²) < 4.78 is 5.54. The Kier molecular flexibility index (Phi) is 5.54. The third-order valence-electron chi connectivity index (χ3n) is 6.55. The van der Waals surface area contributed by atoms with Crippen molar-refractivity contribution in [2.75, 3.05) is 13.1 Å². The zero-order valence-corrected chi connectivity index (χ0v) is 18.9. The van der Waals surface area contributed by atoms with E-state index in [0.717, 1.165) is 0 Å². The molecule has 1 spiro atoms. The third kappa shape index (κ3) is 4.06. The Morgan fingerprint density at radius 3 is 2.26 bits per heavy atom. The molecule has 0 aliphatic carbocycles. The van der Waals surface area contributed by atoms with Gasteiger partial charge in [0.25, 0.3) is 0 Å². The van der Waals surface area contributed by atoms with E-state index in [1.165, 1.54) is 16.7 Å².